The fourth-order valence-corrected chi connectivity index (χ4v) is 3.01. The molecule has 142 valence electrons. The normalized spacial score (nSPS) is 11.0. The number of rotatable bonds is 7. The molecule has 27 heavy (non-hydrogen) atoms. The standard InChI is InChI=1S/C20H22FN3O3/c1-4-27-20(25)19-18(23-16-6-5-13(2)11-15(16)21)14-12-22-8-7-17(14)24(19)9-10-26-3/h5-8,11-12,23H,4,9-10H2,1-3H3. The first-order valence-electron chi connectivity index (χ1n) is 8.72. The number of esters is 1. The molecule has 0 saturated heterocycles. The number of aromatic nitrogens is 2. The Morgan fingerprint density at radius 2 is 2.15 bits per heavy atom. The van der Waals surface area contributed by atoms with E-state index in [-0.39, 0.29) is 12.3 Å². The maximum absolute atomic E-state index is 14.4. The van der Waals surface area contributed by atoms with E-state index in [2.05, 4.69) is 10.3 Å². The lowest BCUT2D eigenvalue weighted by Gasteiger charge is -2.12. The molecule has 6 nitrogen and oxygen atoms in total. The molecule has 0 fully saturated rings. The van der Waals surface area contributed by atoms with Crippen LogP contribution in [-0.2, 0) is 16.0 Å². The van der Waals surface area contributed by atoms with Crippen molar-refractivity contribution in [2.24, 2.45) is 0 Å². The lowest BCUT2D eigenvalue weighted by Crippen LogP contribution is -2.16. The van der Waals surface area contributed by atoms with Crippen LogP contribution in [0.4, 0.5) is 15.8 Å². The quantitative estimate of drug-likeness (QED) is 0.635. The van der Waals surface area contributed by atoms with Crippen LogP contribution < -0.4 is 5.32 Å². The maximum atomic E-state index is 14.4. The van der Waals surface area contributed by atoms with Crippen LogP contribution in [0, 0.1) is 12.7 Å². The number of pyridine rings is 1. The second kappa shape index (κ2) is 8.18. The summed E-state index contributed by atoms with van der Waals surface area (Å²) in [7, 11) is 1.60. The summed E-state index contributed by atoms with van der Waals surface area (Å²) in [5.74, 6) is -0.883. The molecule has 0 bridgehead atoms. The number of nitrogens with zero attached hydrogens (tertiary/aromatic N) is 2. The lowest BCUT2D eigenvalue weighted by molar-refractivity contribution is 0.0513. The van der Waals surface area contributed by atoms with Crippen LogP contribution >= 0.6 is 0 Å². The number of anilines is 2. The highest BCUT2D eigenvalue weighted by Crippen LogP contribution is 2.34. The van der Waals surface area contributed by atoms with Gasteiger partial charge in [0.05, 0.1) is 30.1 Å². The Hall–Kier alpha value is -2.93. The molecule has 0 saturated carbocycles. The van der Waals surface area contributed by atoms with Crippen molar-refractivity contribution in [3.63, 3.8) is 0 Å². The number of fused-ring (bicyclic) bond motifs is 1. The topological polar surface area (TPSA) is 65.4 Å². The van der Waals surface area contributed by atoms with Gasteiger partial charge in [0.1, 0.15) is 5.82 Å². The number of nitrogens with one attached hydrogen (secondary N) is 1. The maximum Gasteiger partial charge on any atom is 0.357 e. The van der Waals surface area contributed by atoms with Gasteiger partial charge in [-0.3, -0.25) is 4.98 Å². The molecule has 0 aliphatic heterocycles. The Morgan fingerprint density at radius 3 is 2.85 bits per heavy atom. The lowest BCUT2D eigenvalue weighted by atomic mass is 10.2. The number of halogens is 1. The van der Waals surface area contributed by atoms with Crippen molar-refractivity contribution < 1.29 is 18.7 Å². The number of carbonyl (C=O) groups excluding carboxylic acids is 1. The average molecular weight is 371 g/mol. The van der Waals surface area contributed by atoms with E-state index in [0.29, 0.717) is 29.9 Å². The van der Waals surface area contributed by atoms with Gasteiger partial charge in [-0.15, -0.1) is 0 Å². The van der Waals surface area contributed by atoms with Crippen LogP contribution in [0.2, 0.25) is 0 Å². The first-order chi connectivity index (χ1) is 13.1. The highest BCUT2D eigenvalue weighted by Gasteiger charge is 2.24. The van der Waals surface area contributed by atoms with Gasteiger partial charge in [0.15, 0.2) is 5.69 Å². The molecule has 3 aromatic rings. The van der Waals surface area contributed by atoms with E-state index >= 15 is 0 Å². The van der Waals surface area contributed by atoms with Crippen molar-refractivity contribution in [2.45, 2.75) is 20.4 Å². The van der Waals surface area contributed by atoms with Crippen LogP contribution in [0.25, 0.3) is 10.9 Å². The summed E-state index contributed by atoms with van der Waals surface area (Å²) >= 11 is 0. The Morgan fingerprint density at radius 1 is 1.33 bits per heavy atom. The molecule has 0 unspecified atom stereocenters. The summed E-state index contributed by atoms with van der Waals surface area (Å²) in [4.78, 5) is 16.9. The highest BCUT2D eigenvalue weighted by atomic mass is 19.1. The molecule has 7 heteroatoms. The number of hydrogen-bond donors (Lipinski definition) is 1. The van der Waals surface area contributed by atoms with Gasteiger partial charge in [-0.2, -0.15) is 0 Å². The number of benzene rings is 1. The molecule has 2 aromatic heterocycles. The van der Waals surface area contributed by atoms with Gasteiger partial charge >= 0.3 is 5.97 Å². The summed E-state index contributed by atoms with van der Waals surface area (Å²) in [6, 6.07) is 6.70. The summed E-state index contributed by atoms with van der Waals surface area (Å²) in [6.45, 7) is 4.66. The largest absolute Gasteiger partial charge is 0.461 e. The van der Waals surface area contributed by atoms with E-state index in [1.807, 2.05) is 17.6 Å². The second-order valence-corrected chi connectivity index (χ2v) is 6.09. The van der Waals surface area contributed by atoms with E-state index in [1.165, 1.54) is 6.07 Å². The van der Waals surface area contributed by atoms with Crippen molar-refractivity contribution in [3.8, 4) is 0 Å². The molecule has 0 radical (unpaired) electrons. The SMILES string of the molecule is CCOC(=O)c1c(Nc2ccc(C)cc2F)c2cnccc2n1CCOC. The number of aryl methyl sites for hydroxylation is 1. The Kier molecular flexibility index (Phi) is 5.71. The number of carbonyl (C=O) groups is 1. The van der Waals surface area contributed by atoms with Crippen LogP contribution in [0.15, 0.2) is 36.7 Å². The number of ether oxygens (including phenoxy) is 2. The molecule has 1 aromatic carbocycles. The monoisotopic (exact) mass is 371 g/mol. The number of methoxy groups -OCH3 is 1. The Bertz CT molecular complexity index is 969. The minimum Gasteiger partial charge on any atom is -0.461 e. The van der Waals surface area contributed by atoms with E-state index < -0.39 is 11.8 Å². The van der Waals surface area contributed by atoms with Crippen LogP contribution in [0.3, 0.4) is 0 Å². The van der Waals surface area contributed by atoms with Gasteiger partial charge in [-0.25, -0.2) is 9.18 Å². The second-order valence-electron chi connectivity index (χ2n) is 6.09. The number of hydrogen-bond acceptors (Lipinski definition) is 5. The van der Waals surface area contributed by atoms with E-state index in [0.717, 1.165) is 11.1 Å². The predicted molar refractivity (Wildman–Crippen MR) is 102 cm³/mol. The summed E-state index contributed by atoms with van der Waals surface area (Å²) in [6.07, 6.45) is 3.30. The van der Waals surface area contributed by atoms with Gasteiger partial charge in [-0.05, 0) is 37.6 Å². The zero-order valence-corrected chi connectivity index (χ0v) is 15.6. The van der Waals surface area contributed by atoms with Gasteiger partial charge < -0.3 is 19.4 Å². The van der Waals surface area contributed by atoms with Crippen molar-refractivity contribution in [3.05, 3.63) is 53.7 Å². The average Bonchev–Trinajstić information content (AvgIpc) is 2.96. The van der Waals surface area contributed by atoms with E-state index in [9.17, 15) is 9.18 Å². The first kappa shape index (κ1) is 18.8. The van der Waals surface area contributed by atoms with Crippen LogP contribution in [0.1, 0.15) is 23.0 Å². The van der Waals surface area contributed by atoms with Crippen molar-refractivity contribution >= 4 is 28.2 Å². The molecular formula is C20H22FN3O3. The zero-order valence-electron chi connectivity index (χ0n) is 15.6. The Labute approximate surface area is 156 Å². The van der Waals surface area contributed by atoms with E-state index in [1.54, 1.807) is 38.6 Å². The third kappa shape index (κ3) is 3.78. The van der Waals surface area contributed by atoms with Gasteiger partial charge in [0.25, 0.3) is 0 Å². The van der Waals surface area contributed by atoms with Crippen molar-refractivity contribution in [1.82, 2.24) is 9.55 Å². The van der Waals surface area contributed by atoms with Crippen LogP contribution in [0.5, 0.6) is 0 Å². The first-order valence-corrected chi connectivity index (χ1v) is 8.72. The zero-order chi connectivity index (χ0) is 19.4. The molecule has 0 aliphatic rings. The smallest absolute Gasteiger partial charge is 0.357 e. The molecule has 0 aliphatic carbocycles. The molecule has 3 rings (SSSR count). The summed E-state index contributed by atoms with van der Waals surface area (Å²) in [5.41, 5.74) is 2.67. The minimum atomic E-state index is -0.486. The highest BCUT2D eigenvalue weighted by molar-refractivity contribution is 6.07. The van der Waals surface area contributed by atoms with E-state index in [4.69, 9.17) is 9.47 Å². The van der Waals surface area contributed by atoms with Crippen LogP contribution in [-0.4, -0.2) is 35.8 Å². The molecule has 0 amide bonds. The fraction of sp³-hybridized carbons (Fsp3) is 0.300. The summed E-state index contributed by atoms with van der Waals surface area (Å²) < 4.78 is 26.6. The van der Waals surface area contributed by atoms with Gasteiger partial charge in [0.2, 0.25) is 0 Å². The molecular weight excluding hydrogens is 349 g/mol. The minimum absolute atomic E-state index is 0.237. The third-order valence-electron chi connectivity index (χ3n) is 4.24. The molecule has 1 N–H and O–H groups in total. The summed E-state index contributed by atoms with van der Waals surface area (Å²) in [5, 5.41) is 3.77. The van der Waals surface area contributed by atoms with Crippen molar-refractivity contribution in [1.29, 1.82) is 0 Å². The molecule has 2 heterocycles. The third-order valence-corrected chi connectivity index (χ3v) is 4.24. The Balaban J connectivity index is 2.19. The van der Waals surface area contributed by atoms with Crippen molar-refractivity contribution in [2.75, 3.05) is 25.6 Å². The fourth-order valence-electron chi connectivity index (χ4n) is 3.01. The van der Waals surface area contributed by atoms with Gasteiger partial charge in [0, 0.05) is 31.4 Å². The predicted octanol–water partition coefficient (Wildman–Crippen LogP) is 4.05. The van der Waals surface area contributed by atoms with Gasteiger partial charge in [-0.1, -0.05) is 6.07 Å². The molecule has 0 spiro atoms. The molecule has 0 atom stereocenters.